The highest BCUT2D eigenvalue weighted by molar-refractivity contribution is 14.0. The molecule has 1 aliphatic rings. The van der Waals surface area contributed by atoms with Gasteiger partial charge in [0.1, 0.15) is 0 Å². The zero-order valence-corrected chi connectivity index (χ0v) is 21.5. The topological polar surface area (TPSA) is 52.1 Å². The van der Waals surface area contributed by atoms with Crippen molar-refractivity contribution in [2.45, 2.75) is 46.2 Å². The number of rotatable bonds is 12. The number of hydrogen-bond acceptors (Lipinski definition) is 4. The normalized spacial score (nSPS) is 15.1. The molecule has 0 spiro atoms. The molecule has 0 atom stereocenters. The first-order chi connectivity index (χ1) is 14.3. The van der Waals surface area contributed by atoms with Crippen molar-refractivity contribution in [3.05, 3.63) is 35.4 Å². The molecule has 2 N–H and O–H groups in total. The number of hydrogen-bond donors (Lipinski definition) is 2. The average Bonchev–Trinajstić information content (AvgIpc) is 2.75. The molecule has 0 radical (unpaired) electrons. The summed E-state index contributed by atoms with van der Waals surface area (Å²) in [4.78, 5) is 9.41. The van der Waals surface area contributed by atoms with E-state index < -0.39 is 0 Å². The standard InChI is InChI=1S/C23H41N5O.HI/c1-4-12-27(13-5-2)14-8-11-25-23(24-3)26-19-21-9-6-7-10-22(21)20-28-15-17-29-18-16-28;/h6-7,9-10H,4-5,8,11-20H2,1-3H3,(H2,24,25,26);1H. The average molecular weight is 532 g/mol. The SMILES string of the molecule is CCCN(CCC)CCCNC(=NC)NCc1ccccc1CN1CCOCC1.I. The number of guanidine groups is 1. The molecule has 0 aromatic heterocycles. The minimum Gasteiger partial charge on any atom is -0.379 e. The van der Waals surface area contributed by atoms with Crippen molar-refractivity contribution in [3.8, 4) is 0 Å². The van der Waals surface area contributed by atoms with Gasteiger partial charge in [0.25, 0.3) is 0 Å². The second kappa shape index (κ2) is 16.8. The molecule has 6 nitrogen and oxygen atoms in total. The summed E-state index contributed by atoms with van der Waals surface area (Å²) in [6.07, 6.45) is 3.58. The van der Waals surface area contributed by atoms with Gasteiger partial charge in [-0.2, -0.15) is 0 Å². The summed E-state index contributed by atoms with van der Waals surface area (Å²) < 4.78 is 5.47. The summed E-state index contributed by atoms with van der Waals surface area (Å²) in [5.41, 5.74) is 2.71. The molecule has 1 saturated heterocycles. The number of benzene rings is 1. The number of nitrogens with one attached hydrogen (secondary N) is 2. The Balaban J connectivity index is 0.00000450. The van der Waals surface area contributed by atoms with Crippen LogP contribution in [0.1, 0.15) is 44.2 Å². The summed E-state index contributed by atoms with van der Waals surface area (Å²) in [5.74, 6) is 0.878. The van der Waals surface area contributed by atoms with E-state index in [1.54, 1.807) is 0 Å². The van der Waals surface area contributed by atoms with Gasteiger partial charge in [0, 0.05) is 39.8 Å². The van der Waals surface area contributed by atoms with E-state index in [1.807, 2.05) is 7.05 Å². The van der Waals surface area contributed by atoms with Gasteiger partial charge in [-0.15, -0.1) is 24.0 Å². The molecule has 0 unspecified atom stereocenters. The first kappa shape index (κ1) is 27.1. The maximum absolute atomic E-state index is 5.47. The van der Waals surface area contributed by atoms with Crippen LogP contribution in [0.5, 0.6) is 0 Å². The molecule has 1 aliphatic heterocycles. The van der Waals surface area contributed by atoms with Crippen LogP contribution in [0.25, 0.3) is 0 Å². The molecule has 172 valence electrons. The van der Waals surface area contributed by atoms with E-state index in [0.29, 0.717) is 0 Å². The van der Waals surface area contributed by atoms with Crippen molar-refractivity contribution in [3.63, 3.8) is 0 Å². The number of ether oxygens (including phenoxy) is 1. The summed E-state index contributed by atoms with van der Waals surface area (Å²) in [7, 11) is 1.84. The molecule has 1 heterocycles. The molecule has 0 bridgehead atoms. The Bertz CT molecular complexity index is 587. The summed E-state index contributed by atoms with van der Waals surface area (Å²) in [5, 5.41) is 6.95. The Kier molecular flexibility index (Phi) is 15.2. The second-order valence-corrected chi connectivity index (χ2v) is 7.70. The van der Waals surface area contributed by atoms with Gasteiger partial charge in [0.05, 0.1) is 13.2 Å². The van der Waals surface area contributed by atoms with Crippen molar-refractivity contribution >= 4 is 29.9 Å². The predicted molar refractivity (Wildman–Crippen MR) is 138 cm³/mol. The van der Waals surface area contributed by atoms with Crippen LogP contribution in [0.15, 0.2) is 29.3 Å². The monoisotopic (exact) mass is 531 g/mol. The molecule has 1 fully saturated rings. The van der Waals surface area contributed by atoms with Crippen LogP contribution in [0.3, 0.4) is 0 Å². The fourth-order valence-electron chi connectivity index (χ4n) is 3.76. The van der Waals surface area contributed by atoms with Gasteiger partial charge >= 0.3 is 0 Å². The number of nitrogens with zero attached hydrogens (tertiary/aromatic N) is 3. The molecule has 0 amide bonds. The smallest absolute Gasteiger partial charge is 0.191 e. The first-order valence-corrected chi connectivity index (χ1v) is 11.3. The Labute approximate surface area is 200 Å². The molecule has 1 aromatic carbocycles. The minimum absolute atomic E-state index is 0. The van der Waals surface area contributed by atoms with Crippen LogP contribution in [-0.4, -0.2) is 75.3 Å². The quantitative estimate of drug-likeness (QED) is 0.188. The third-order valence-corrected chi connectivity index (χ3v) is 5.31. The van der Waals surface area contributed by atoms with Crippen molar-refractivity contribution in [1.82, 2.24) is 20.4 Å². The van der Waals surface area contributed by atoms with Crippen molar-refractivity contribution < 1.29 is 4.74 Å². The molecular weight excluding hydrogens is 489 g/mol. The lowest BCUT2D eigenvalue weighted by atomic mass is 10.1. The van der Waals surface area contributed by atoms with Gasteiger partial charge in [-0.3, -0.25) is 9.89 Å². The molecule has 7 heteroatoms. The third kappa shape index (κ3) is 10.4. The van der Waals surface area contributed by atoms with Crippen LogP contribution >= 0.6 is 24.0 Å². The molecule has 1 aromatic rings. The molecule has 0 aliphatic carbocycles. The number of halogens is 1. The van der Waals surface area contributed by atoms with Crippen LogP contribution in [0.2, 0.25) is 0 Å². The van der Waals surface area contributed by atoms with Crippen LogP contribution in [0.4, 0.5) is 0 Å². The highest BCUT2D eigenvalue weighted by Crippen LogP contribution is 2.13. The van der Waals surface area contributed by atoms with Crippen molar-refractivity contribution in [1.29, 1.82) is 0 Å². The lowest BCUT2D eigenvalue weighted by Crippen LogP contribution is -2.39. The predicted octanol–water partition coefficient (Wildman–Crippen LogP) is 3.31. The van der Waals surface area contributed by atoms with E-state index in [1.165, 1.54) is 37.1 Å². The Morgan fingerprint density at radius 2 is 1.70 bits per heavy atom. The van der Waals surface area contributed by atoms with Gasteiger partial charge in [0.2, 0.25) is 0 Å². The zero-order valence-electron chi connectivity index (χ0n) is 19.2. The van der Waals surface area contributed by atoms with E-state index in [4.69, 9.17) is 4.74 Å². The maximum atomic E-state index is 5.47. The fraction of sp³-hybridized carbons (Fsp3) is 0.696. The fourth-order valence-corrected chi connectivity index (χ4v) is 3.76. The molecule has 0 saturated carbocycles. The highest BCUT2D eigenvalue weighted by atomic mass is 127. The lowest BCUT2D eigenvalue weighted by Gasteiger charge is -2.27. The maximum Gasteiger partial charge on any atom is 0.191 e. The first-order valence-electron chi connectivity index (χ1n) is 11.3. The summed E-state index contributed by atoms with van der Waals surface area (Å²) in [6, 6.07) is 8.69. The van der Waals surface area contributed by atoms with Gasteiger partial charge in [-0.05, 0) is 50.0 Å². The van der Waals surface area contributed by atoms with Gasteiger partial charge in [0.15, 0.2) is 5.96 Å². The Hall–Kier alpha value is -0.900. The van der Waals surface area contributed by atoms with Gasteiger partial charge < -0.3 is 20.3 Å². The second-order valence-electron chi connectivity index (χ2n) is 7.70. The van der Waals surface area contributed by atoms with E-state index in [2.05, 4.69) is 63.5 Å². The minimum atomic E-state index is 0. The Morgan fingerprint density at radius 3 is 2.33 bits per heavy atom. The van der Waals surface area contributed by atoms with E-state index in [0.717, 1.165) is 64.9 Å². The number of aliphatic imine (C=N–C) groups is 1. The third-order valence-electron chi connectivity index (χ3n) is 5.31. The summed E-state index contributed by atoms with van der Waals surface area (Å²) in [6.45, 7) is 14.5. The molecule has 2 rings (SSSR count). The lowest BCUT2D eigenvalue weighted by molar-refractivity contribution is 0.0341. The summed E-state index contributed by atoms with van der Waals surface area (Å²) >= 11 is 0. The molecule has 30 heavy (non-hydrogen) atoms. The van der Waals surface area contributed by atoms with Crippen molar-refractivity contribution in [2.75, 3.05) is 59.5 Å². The van der Waals surface area contributed by atoms with Crippen molar-refractivity contribution in [2.24, 2.45) is 4.99 Å². The zero-order chi connectivity index (χ0) is 20.7. The van der Waals surface area contributed by atoms with Crippen LogP contribution in [0, 0.1) is 0 Å². The van der Waals surface area contributed by atoms with E-state index >= 15 is 0 Å². The van der Waals surface area contributed by atoms with Gasteiger partial charge in [-0.25, -0.2) is 0 Å². The highest BCUT2D eigenvalue weighted by Gasteiger charge is 2.12. The van der Waals surface area contributed by atoms with E-state index in [9.17, 15) is 0 Å². The van der Waals surface area contributed by atoms with Crippen LogP contribution in [-0.2, 0) is 17.8 Å². The Morgan fingerprint density at radius 1 is 1.03 bits per heavy atom. The van der Waals surface area contributed by atoms with Gasteiger partial charge in [-0.1, -0.05) is 38.1 Å². The number of morpholine rings is 1. The van der Waals surface area contributed by atoms with E-state index in [-0.39, 0.29) is 24.0 Å². The molecular formula is C23H42IN5O. The largest absolute Gasteiger partial charge is 0.379 e. The van der Waals surface area contributed by atoms with Crippen LogP contribution < -0.4 is 10.6 Å².